The Labute approximate surface area is 812 Å². The van der Waals surface area contributed by atoms with Gasteiger partial charge in [0.05, 0.1) is 47.8 Å². The summed E-state index contributed by atoms with van der Waals surface area (Å²) in [4.78, 5) is 81.4. The molecule has 0 aliphatic carbocycles. The number of hydrogen-bond donors (Lipinski definition) is 6. The zero-order valence-corrected chi connectivity index (χ0v) is 77.4. The molecule has 21 nitrogen and oxygen atoms in total. The Kier molecular flexibility index (Phi) is 35.2. The number of thiophene rings is 1. The Morgan fingerprint density at radius 1 is 0.288 bits per heavy atom. The van der Waals surface area contributed by atoms with Gasteiger partial charge in [-0.2, -0.15) is 0 Å². The molecule has 6 atom stereocenters. The molecule has 7 heterocycles. The molecule has 20 rings (SSSR count). The van der Waals surface area contributed by atoms with Gasteiger partial charge in [-0.25, -0.2) is 0 Å². The van der Waals surface area contributed by atoms with Crippen LogP contribution in [-0.4, -0.2) is 89.8 Å². The van der Waals surface area contributed by atoms with Crippen LogP contribution in [0.1, 0.15) is 66.1 Å². The molecule has 0 saturated heterocycles. The lowest BCUT2D eigenvalue weighted by Crippen LogP contribution is -2.31. The summed E-state index contributed by atoms with van der Waals surface area (Å²) in [5, 5.41) is 35.1. The van der Waals surface area contributed by atoms with Crippen LogP contribution in [0.4, 0.5) is 5.69 Å². The second kappa shape index (κ2) is 50.6. The summed E-state index contributed by atoms with van der Waals surface area (Å²) in [5.74, 6) is 3.59. The molecule has 6 N–H and O–H groups in total. The minimum Gasteiger partial charge on any atom is -0.495 e. The first-order valence-corrected chi connectivity index (χ1v) is 47.1. The third-order valence-electron chi connectivity index (χ3n) is 23.3. The van der Waals surface area contributed by atoms with Gasteiger partial charge in [-0.15, -0.1) is 11.3 Å². The molecule has 6 aliphatic rings. The highest BCUT2D eigenvalue weighted by molar-refractivity contribution is 7.09. The number of carbonyl (C=O) groups excluding carboxylic acids is 6. The van der Waals surface area contributed by atoms with E-state index < -0.39 is 4.92 Å². The van der Waals surface area contributed by atoms with Crippen LogP contribution >= 0.6 is 11.3 Å². The molecule has 14 aromatic rings. The topological polar surface area (TPSA) is 273 Å². The first kappa shape index (κ1) is 96.8. The maximum atomic E-state index is 11.8. The normalized spacial score (nSPS) is 16.9. The van der Waals surface area contributed by atoms with Gasteiger partial charge in [0.15, 0.2) is 0 Å². The summed E-state index contributed by atoms with van der Waals surface area (Å²) in [6.07, 6.45) is 18.4. The Bertz CT molecular complexity index is 6660. The molecule has 0 radical (unpaired) electrons. The predicted octanol–water partition coefficient (Wildman–Crippen LogP) is 19.8. The highest BCUT2D eigenvalue weighted by atomic mass is 32.1. The Hall–Kier alpha value is -16.7. The van der Waals surface area contributed by atoms with E-state index in [0.29, 0.717) is 62.5 Å². The van der Waals surface area contributed by atoms with Crippen molar-refractivity contribution in [1.82, 2.24) is 31.9 Å². The minimum atomic E-state index is -0.442. The summed E-state index contributed by atoms with van der Waals surface area (Å²) in [6.45, 7) is 2.70. The van der Waals surface area contributed by atoms with Crippen LogP contribution in [0.25, 0.3) is 27.6 Å². The van der Waals surface area contributed by atoms with E-state index in [9.17, 15) is 38.9 Å². The van der Waals surface area contributed by atoms with Gasteiger partial charge < -0.3 is 60.3 Å². The van der Waals surface area contributed by atoms with Gasteiger partial charge in [0.2, 0.25) is 35.4 Å². The van der Waals surface area contributed by atoms with E-state index in [0.717, 1.165) is 82.7 Å². The molecule has 0 fully saturated rings. The number of fused-ring (bicyclic) bond motifs is 2. The van der Waals surface area contributed by atoms with Gasteiger partial charge in [0, 0.05) is 59.9 Å². The molecule has 1 aromatic heterocycles. The van der Waals surface area contributed by atoms with Gasteiger partial charge >= 0.3 is 0 Å². The molecule has 0 spiro atoms. The number of nitrogens with one attached hydrogen (secondary N) is 6. The average Bonchev–Trinajstić information content (AvgIpc) is 1.50. The number of nitro benzene ring substituents is 1. The molecule has 0 saturated carbocycles. The highest BCUT2D eigenvalue weighted by Gasteiger charge is 2.32. The van der Waals surface area contributed by atoms with Crippen molar-refractivity contribution in [1.29, 1.82) is 0 Å². The van der Waals surface area contributed by atoms with Gasteiger partial charge in [0.1, 0.15) is 67.6 Å². The van der Waals surface area contributed by atoms with E-state index in [4.69, 9.17) is 28.4 Å². The van der Waals surface area contributed by atoms with E-state index in [-0.39, 0.29) is 84.0 Å². The highest BCUT2D eigenvalue weighted by Crippen LogP contribution is 2.29. The smallest absolute Gasteiger partial charge is 0.269 e. The van der Waals surface area contributed by atoms with E-state index in [1.807, 2.05) is 230 Å². The van der Waals surface area contributed by atoms with Crippen LogP contribution in [0.15, 0.2) is 446 Å². The minimum absolute atomic E-state index is 0.0395. The Morgan fingerprint density at radius 2 is 0.619 bits per heavy atom. The number of amides is 6. The lowest BCUT2D eigenvalue weighted by atomic mass is 10.0. The molecular weight excluding hydrogens is 1760 g/mol. The van der Waals surface area contributed by atoms with Crippen molar-refractivity contribution in [3.8, 4) is 0 Å². The van der Waals surface area contributed by atoms with Crippen molar-refractivity contribution in [3.05, 3.63) is 523 Å². The number of ether oxygens (including phenoxy) is 6. The maximum absolute atomic E-state index is 11.8. The quantitative estimate of drug-likeness (QED) is 0.0165. The lowest BCUT2D eigenvalue weighted by molar-refractivity contribution is -0.384. The Balaban J connectivity index is 0.000000126. The van der Waals surface area contributed by atoms with Crippen molar-refractivity contribution in [2.45, 2.75) is 108 Å². The number of nitro groups is 1. The predicted molar refractivity (Wildman–Crippen MR) is 543 cm³/mol. The Morgan fingerprint density at radius 3 is 1.02 bits per heavy atom. The van der Waals surface area contributed by atoms with Crippen LogP contribution in [0.5, 0.6) is 0 Å². The first-order valence-electron chi connectivity index (χ1n) is 46.2. The van der Waals surface area contributed by atoms with Crippen LogP contribution in [-0.2, 0) is 129 Å². The summed E-state index contributed by atoms with van der Waals surface area (Å²) in [7, 11) is 0. The first-order chi connectivity index (χ1) is 68.1. The monoisotopic (exact) mass is 1870 g/mol. The zero-order chi connectivity index (χ0) is 96.0. The summed E-state index contributed by atoms with van der Waals surface area (Å²) in [5.41, 5.74) is 12.4. The largest absolute Gasteiger partial charge is 0.495 e. The van der Waals surface area contributed by atoms with Crippen LogP contribution in [0.2, 0.25) is 0 Å². The van der Waals surface area contributed by atoms with Crippen molar-refractivity contribution in [2.75, 3.05) is 13.2 Å². The molecule has 0 unspecified atom stereocenters. The molecule has 22 heteroatoms. The number of nitrogens with zero attached hydrogens (tertiary/aromatic N) is 1. The SMILES string of the molecule is O=C1C=C(OC/C=C/c2ccccc2)[C@H](Cc2ccccc2)N1.O=C1C=C(OCCc2ccccc2)[C@H](Cc2ccccc2)N1.O=C1C=C(OCc2ccc([N+](=O)[O-])cc2)[C@H](Cc2ccccc2)N1.O=C1C=C(OCc2ccc3ccccc3c2)[C@H](Cc2ccccc2)N1.O=C1C=C(OCc2cccc3ccccc23)[C@H](Cc2ccccc2)N1.O=C1C=C(OCc2cccs2)[C@H](Cc2ccccc2)N1. The van der Waals surface area contributed by atoms with E-state index in [1.54, 1.807) is 53.8 Å². The fraction of sp³-hybridized carbons (Fsp3) is 0.162. The summed E-state index contributed by atoms with van der Waals surface area (Å²) < 4.78 is 35.2. The number of hydrogen-bond acceptors (Lipinski definition) is 15. The fourth-order valence-corrected chi connectivity index (χ4v) is 16.9. The third-order valence-corrected chi connectivity index (χ3v) is 24.1. The van der Waals surface area contributed by atoms with Crippen molar-refractivity contribution in [3.63, 3.8) is 0 Å². The zero-order valence-electron chi connectivity index (χ0n) is 76.6. The number of carbonyl (C=O) groups is 6. The lowest BCUT2D eigenvalue weighted by Gasteiger charge is -2.17. The van der Waals surface area contributed by atoms with Crippen molar-refractivity contribution in [2.24, 2.45) is 0 Å². The van der Waals surface area contributed by atoms with Crippen molar-refractivity contribution < 1.29 is 62.1 Å². The van der Waals surface area contributed by atoms with Gasteiger partial charge in [-0.1, -0.05) is 334 Å². The average molecular weight is 1870 g/mol. The molecule has 700 valence electrons. The maximum Gasteiger partial charge on any atom is 0.269 e. The summed E-state index contributed by atoms with van der Waals surface area (Å²) in [6, 6.07) is 119. The van der Waals surface area contributed by atoms with Crippen LogP contribution in [0.3, 0.4) is 0 Å². The van der Waals surface area contributed by atoms with Gasteiger partial charge in [0.25, 0.3) is 5.69 Å². The molecule has 6 aliphatic heterocycles. The molecular formula is C117H107N7O14S. The second-order valence-corrected chi connectivity index (χ2v) is 34.5. The van der Waals surface area contributed by atoms with E-state index in [1.165, 1.54) is 73.1 Å². The summed E-state index contributed by atoms with van der Waals surface area (Å²) >= 11 is 1.65. The van der Waals surface area contributed by atoms with Crippen LogP contribution < -0.4 is 31.9 Å². The van der Waals surface area contributed by atoms with Crippen molar-refractivity contribution >= 4 is 80.1 Å². The van der Waals surface area contributed by atoms with Crippen LogP contribution in [0, 0.1) is 10.1 Å². The molecule has 13 aromatic carbocycles. The van der Waals surface area contributed by atoms with Gasteiger partial charge in [-0.05, 0) is 157 Å². The molecule has 6 amide bonds. The van der Waals surface area contributed by atoms with Gasteiger partial charge in [-0.3, -0.25) is 38.9 Å². The number of non-ortho nitro benzene ring substituents is 1. The van der Waals surface area contributed by atoms with E-state index >= 15 is 0 Å². The van der Waals surface area contributed by atoms with E-state index in [2.05, 4.69) is 159 Å². The fourth-order valence-electron chi connectivity index (χ4n) is 16.3. The second-order valence-electron chi connectivity index (χ2n) is 33.5. The number of rotatable bonds is 33. The third kappa shape index (κ3) is 30.4. The molecule has 139 heavy (non-hydrogen) atoms. The standard InChI is InChI=1S/2C22H19NO2.C20H19NO2.C19H19NO2.C18H16N2O4.C16H15NO2S/c24-22-14-21(20(23-22)13-16-7-2-1-3-8-16)25-15-18-11-6-10-17-9-4-5-12-19(17)18;24-22-14-21(20(23-22)13-16-6-2-1-3-7-16)25-15-17-10-11-18-8-4-5-9-19(18)12-17;22-20-15-19(18(21-20)14-17-10-5-2-6-11-17)23-13-7-12-16-8-3-1-4-9-16;21-19-14-18(22-12-11-15-7-3-1-4-8-15)17(20-19)13-16-9-5-2-6-10-16;21-18-11-17(16(19-18)10-13-4-2-1-3-5-13)24-12-14-6-8-15(9-7-14)20(22)23;18-16-10-15(19-11-13-7-4-8-20-13)14(17-16)9-12-5-2-1-3-6-12/h2*1-12,14,20H,13,15H2,(H,23,24);1-12,15,18H,13-14H2,(H,21,22);1-10,14,17H,11-13H2,(H,20,21);1-9,11,16H,10,12H2,(H,19,21);1-8,10,14H,9,11H2,(H,17,18)/b;;12-7+;;;/t2*20-;18-;17-;16-;14-/m000000/s1. The molecule has 0 bridgehead atoms. The number of benzene rings is 13.